The van der Waals surface area contributed by atoms with Crippen molar-refractivity contribution in [2.45, 2.75) is 57.9 Å². The molecule has 0 bridgehead atoms. The summed E-state index contributed by atoms with van der Waals surface area (Å²) in [5.41, 5.74) is -0.00364. The Morgan fingerprint density at radius 2 is 2.06 bits per heavy atom. The van der Waals surface area contributed by atoms with Crippen LogP contribution in [-0.2, 0) is 4.79 Å². The molecule has 2 rings (SSSR count). The SMILES string of the molecule is CCC1(C(=O)N2CCCC2CNC)CCCC1. The summed E-state index contributed by atoms with van der Waals surface area (Å²) in [6.45, 7) is 4.12. The van der Waals surface area contributed by atoms with Crippen LogP contribution in [-0.4, -0.2) is 37.0 Å². The number of amides is 1. The van der Waals surface area contributed by atoms with Gasteiger partial charge in [0.1, 0.15) is 0 Å². The average molecular weight is 238 g/mol. The van der Waals surface area contributed by atoms with Crippen molar-refractivity contribution >= 4 is 5.91 Å². The van der Waals surface area contributed by atoms with Crippen molar-refractivity contribution in [2.24, 2.45) is 5.41 Å². The minimum Gasteiger partial charge on any atom is -0.338 e. The van der Waals surface area contributed by atoms with Gasteiger partial charge in [0.15, 0.2) is 0 Å². The van der Waals surface area contributed by atoms with E-state index in [1.807, 2.05) is 7.05 Å². The molecule has 3 nitrogen and oxygen atoms in total. The summed E-state index contributed by atoms with van der Waals surface area (Å²) in [7, 11) is 1.98. The lowest BCUT2D eigenvalue weighted by Crippen LogP contribution is -2.47. The van der Waals surface area contributed by atoms with Gasteiger partial charge in [-0.3, -0.25) is 4.79 Å². The molecule has 2 fully saturated rings. The van der Waals surface area contributed by atoms with E-state index >= 15 is 0 Å². The van der Waals surface area contributed by atoms with Crippen LogP contribution in [0.25, 0.3) is 0 Å². The second-order valence-corrected chi connectivity index (χ2v) is 5.69. The highest BCUT2D eigenvalue weighted by atomic mass is 16.2. The van der Waals surface area contributed by atoms with Crippen LogP contribution < -0.4 is 5.32 Å². The number of likely N-dealkylation sites (N-methyl/N-ethyl adjacent to an activating group) is 1. The summed E-state index contributed by atoms with van der Waals surface area (Å²) < 4.78 is 0. The Morgan fingerprint density at radius 3 is 2.65 bits per heavy atom. The van der Waals surface area contributed by atoms with Crippen LogP contribution in [0.15, 0.2) is 0 Å². The quantitative estimate of drug-likeness (QED) is 0.814. The molecule has 0 aromatic rings. The Hall–Kier alpha value is -0.570. The standard InChI is InChI=1S/C14H26N2O/c1-3-14(8-4-5-9-14)13(17)16-10-6-7-12(16)11-15-2/h12,15H,3-11H2,1-2H3. The van der Waals surface area contributed by atoms with E-state index in [1.165, 1.54) is 25.7 Å². The van der Waals surface area contributed by atoms with Crippen molar-refractivity contribution in [3.05, 3.63) is 0 Å². The van der Waals surface area contributed by atoms with E-state index in [-0.39, 0.29) is 5.41 Å². The summed E-state index contributed by atoms with van der Waals surface area (Å²) in [6, 6.07) is 0.441. The molecule has 1 saturated carbocycles. The van der Waals surface area contributed by atoms with Crippen LogP contribution in [0.1, 0.15) is 51.9 Å². The van der Waals surface area contributed by atoms with E-state index in [9.17, 15) is 4.79 Å². The lowest BCUT2D eigenvalue weighted by molar-refractivity contribution is -0.143. The van der Waals surface area contributed by atoms with Crippen molar-refractivity contribution in [3.8, 4) is 0 Å². The molecular weight excluding hydrogens is 212 g/mol. The molecule has 0 spiro atoms. The number of carbonyl (C=O) groups excluding carboxylic acids is 1. The molecule has 3 heteroatoms. The summed E-state index contributed by atoms with van der Waals surface area (Å²) in [6.07, 6.45) is 8.09. The number of likely N-dealkylation sites (tertiary alicyclic amines) is 1. The Bertz CT molecular complexity index is 271. The fourth-order valence-electron chi connectivity index (χ4n) is 3.63. The molecule has 1 saturated heterocycles. The maximum atomic E-state index is 12.8. The third kappa shape index (κ3) is 2.35. The van der Waals surface area contributed by atoms with Gasteiger partial charge in [0.2, 0.25) is 5.91 Å². The summed E-state index contributed by atoms with van der Waals surface area (Å²) >= 11 is 0. The first-order chi connectivity index (χ1) is 8.23. The highest BCUT2D eigenvalue weighted by molar-refractivity contribution is 5.83. The number of nitrogens with one attached hydrogen (secondary N) is 1. The maximum absolute atomic E-state index is 12.8. The molecule has 1 unspecified atom stereocenters. The Balaban J connectivity index is 2.07. The highest BCUT2D eigenvalue weighted by Gasteiger charge is 2.44. The van der Waals surface area contributed by atoms with Crippen molar-refractivity contribution in [1.29, 1.82) is 0 Å². The molecule has 0 aromatic carbocycles. The minimum absolute atomic E-state index is 0.00364. The molecule has 0 aromatic heterocycles. The average Bonchev–Trinajstić information content (AvgIpc) is 2.97. The van der Waals surface area contributed by atoms with Crippen LogP contribution in [0.3, 0.4) is 0 Å². The van der Waals surface area contributed by atoms with E-state index in [0.717, 1.165) is 32.4 Å². The zero-order valence-electron chi connectivity index (χ0n) is 11.3. The number of rotatable bonds is 4. The normalized spacial score (nSPS) is 27.6. The van der Waals surface area contributed by atoms with Crippen molar-refractivity contribution in [1.82, 2.24) is 10.2 Å². The Kier molecular flexibility index (Phi) is 4.08. The van der Waals surface area contributed by atoms with Crippen LogP contribution in [0.2, 0.25) is 0 Å². The first kappa shape index (κ1) is 12.9. The molecule has 1 aliphatic heterocycles. The van der Waals surface area contributed by atoms with E-state index < -0.39 is 0 Å². The summed E-state index contributed by atoms with van der Waals surface area (Å²) in [4.78, 5) is 15.0. The molecule has 1 N–H and O–H groups in total. The molecule has 1 aliphatic carbocycles. The van der Waals surface area contributed by atoms with Gasteiger partial charge < -0.3 is 10.2 Å². The number of hydrogen-bond donors (Lipinski definition) is 1. The Morgan fingerprint density at radius 1 is 1.35 bits per heavy atom. The molecule has 98 valence electrons. The van der Waals surface area contributed by atoms with Gasteiger partial charge in [0.05, 0.1) is 0 Å². The highest BCUT2D eigenvalue weighted by Crippen LogP contribution is 2.43. The molecule has 17 heavy (non-hydrogen) atoms. The van der Waals surface area contributed by atoms with Crippen LogP contribution in [0.4, 0.5) is 0 Å². The number of nitrogens with zero attached hydrogens (tertiary/aromatic N) is 1. The van der Waals surface area contributed by atoms with Gasteiger partial charge in [0, 0.05) is 24.5 Å². The summed E-state index contributed by atoms with van der Waals surface area (Å²) in [5, 5.41) is 3.22. The molecule has 0 radical (unpaired) electrons. The predicted molar refractivity (Wildman–Crippen MR) is 69.9 cm³/mol. The predicted octanol–water partition coefficient (Wildman–Crippen LogP) is 2.17. The van der Waals surface area contributed by atoms with E-state index in [2.05, 4.69) is 17.1 Å². The number of hydrogen-bond acceptors (Lipinski definition) is 2. The molecule has 1 atom stereocenters. The van der Waals surface area contributed by atoms with Gasteiger partial charge in [-0.2, -0.15) is 0 Å². The van der Waals surface area contributed by atoms with Gasteiger partial charge in [-0.15, -0.1) is 0 Å². The van der Waals surface area contributed by atoms with Crippen molar-refractivity contribution in [3.63, 3.8) is 0 Å². The van der Waals surface area contributed by atoms with E-state index in [0.29, 0.717) is 11.9 Å². The summed E-state index contributed by atoms with van der Waals surface area (Å²) in [5.74, 6) is 0.454. The zero-order valence-corrected chi connectivity index (χ0v) is 11.3. The van der Waals surface area contributed by atoms with Gasteiger partial charge >= 0.3 is 0 Å². The molecule has 2 aliphatic rings. The minimum atomic E-state index is -0.00364. The zero-order chi connectivity index (χ0) is 12.3. The monoisotopic (exact) mass is 238 g/mol. The lowest BCUT2D eigenvalue weighted by Gasteiger charge is -2.34. The van der Waals surface area contributed by atoms with Crippen molar-refractivity contribution < 1.29 is 4.79 Å². The molecule has 1 amide bonds. The fraction of sp³-hybridized carbons (Fsp3) is 0.929. The van der Waals surface area contributed by atoms with Gasteiger partial charge in [-0.05, 0) is 39.2 Å². The largest absolute Gasteiger partial charge is 0.338 e. The van der Waals surface area contributed by atoms with Gasteiger partial charge in [0.25, 0.3) is 0 Å². The fourth-order valence-corrected chi connectivity index (χ4v) is 3.63. The third-order valence-electron chi connectivity index (χ3n) is 4.77. The first-order valence-electron chi connectivity index (χ1n) is 7.19. The second-order valence-electron chi connectivity index (χ2n) is 5.69. The number of carbonyl (C=O) groups is 1. The topological polar surface area (TPSA) is 32.3 Å². The van der Waals surface area contributed by atoms with Gasteiger partial charge in [-0.1, -0.05) is 19.8 Å². The van der Waals surface area contributed by atoms with E-state index in [1.54, 1.807) is 0 Å². The van der Waals surface area contributed by atoms with Crippen LogP contribution in [0, 0.1) is 5.41 Å². The molecular formula is C14H26N2O. The second kappa shape index (κ2) is 5.38. The van der Waals surface area contributed by atoms with Crippen LogP contribution in [0.5, 0.6) is 0 Å². The Labute approximate surface area is 105 Å². The smallest absolute Gasteiger partial charge is 0.229 e. The first-order valence-corrected chi connectivity index (χ1v) is 7.19. The van der Waals surface area contributed by atoms with Gasteiger partial charge in [-0.25, -0.2) is 0 Å². The van der Waals surface area contributed by atoms with Crippen LogP contribution >= 0.6 is 0 Å². The lowest BCUT2D eigenvalue weighted by atomic mass is 9.81. The third-order valence-corrected chi connectivity index (χ3v) is 4.77. The van der Waals surface area contributed by atoms with Crippen molar-refractivity contribution in [2.75, 3.05) is 20.1 Å². The maximum Gasteiger partial charge on any atom is 0.229 e. The molecule has 1 heterocycles. The van der Waals surface area contributed by atoms with E-state index in [4.69, 9.17) is 0 Å².